The van der Waals surface area contributed by atoms with Crippen molar-refractivity contribution >= 4 is 40.3 Å². The number of nitrogens with one attached hydrogen (secondary N) is 2. The first-order chi connectivity index (χ1) is 18.9. The Morgan fingerprint density at radius 2 is 1.65 bits per heavy atom. The van der Waals surface area contributed by atoms with Crippen LogP contribution in [0.5, 0.6) is 0 Å². The van der Waals surface area contributed by atoms with Gasteiger partial charge in [-0.05, 0) is 61.7 Å². The summed E-state index contributed by atoms with van der Waals surface area (Å²) in [5.41, 5.74) is 6.48. The molecule has 0 aliphatic rings. The number of nitrogens with zero attached hydrogens (tertiary/aromatic N) is 1. The fourth-order valence-electron chi connectivity index (χ4n) is 4.33. The molecule has 3 aromatic carbocycles. The molecule has 3 rings (SSSR count). The Hall–Kier alpha value is -4.66. The molecule has 0 radical (unpaired) electrons. The van der Waals surface area contributed by atoms with Crippen LogP contribution in [-0.4, -0.2) is 46.9 Å². The van der Waals surface area contributed by atoms with Crippen molar-refractivity contribution in [3.05, 3.63) is 90.5 Å². The second-order valence-corrected chi connectivity index (χ2v) is 10.5. The molecule has 40 heavy (non-hydrogen) atoms. The molecule has 9 nitrogen and oxygen atoms in total. The van der Waals surface area contributed by atoms with Gasteiger partial charge in [0.1, 0.15) is 17.7 Å². The normalized spacial score (nSPS) is 12.6. The lowest BCUT2D eigenvalue weighted by molar-refractivity contribution is -0.141. The van der Waals surface area contributed by atoms with Crippen molar-refractivity contribution in [1.29, 1.82) is 0 Å². The average Bonchev–Trinajstić information content (AvgIpc) is 2.87. The van der Waals surface area contributed by atoms with Crippen molar-refractivity contribution in [2.75, 3.05) is 11.9 Å². The number of aryl methyl sites for hydroxylation is 1. The van der Waals surface area contributed by atoms with Crippen molar-refractivity contribution in [2.45, 2.75) is 51.8 Å². The van der Waals surface area contributed by atoms with Crippen LogP contribution in [-0.2, 0) is 19.1 Å². The number of rotatable bonds is 10. The van der Waals surface area contributed by atoms with E-state index in [0.717, 1.165) is 16.3 Å². The lowest BCUT2D eigenvalue weighted by Crippen LogP contribution is -2.53. The van der Waals surface area contributed by atoms with E-state index in [4.69, 9.17) is 10.5 Å². The Morgan fingerprint density at radius 3 is 2.27 bits per heavy atom. The summed E-state index contributed by atoms with van der Waals surface area (Å²) in [6, 6.07) is 18.0. The van der Waals surface area contributed by atoms with E-state index in [-0.39, 0.29) is 6.54 Å². The number of fused-ring (bicyclic) bond motifs is 1. The molecule has 2 unspecified atom stereocenters. The van der Waals surface area contributed by atoms with Crippen molar-refractivity contribution in [3.63, 3.8) is 0 Å². The Bertz CT molecular complexity index is 1410. The molecule has 0 fully saturated rings. The standard InChI is InChI=1S/C31H36N4O5/c1-6-17-35(29(38)25(19-26(32)36)34-30(39)40-31(3,4)5)27(24-14-10-7-11-20(24)2)28(37)33-23-16-15-21-12-8-9-13-22(21)18-23/h6-16,18,25,27H,1,17,19H2,2-5H3,(H2,32,36)(H,33,37)(H,34,39). The van der Waals surface area contributed by atoms with Gasteiger partial charge in [-0.15, -0.1) is 6.58 Å². The molecular weight excluding hydrogens is 508 g/mol. The van der Waals surface area contributed by atoms with Crippen LogP contribution < -0.4 is 16.4 Å². The summed E-state index contributed by atoms with van der Waals surface area (Å²) in [6.07, 6.45) is 0.0958. The van der Waals surface area contributed by atoms with E-state index in [0.29, 0.717) is 11.3 Å². The largest absolute Gasteiger partial charge is 0.444 e. The van der Waals surface area contributed by atoms with Crippen LogP contribution in [0.25, 0.3) is 10.8 Å². The summed E-state index contributed by atoms with van der Waals surface area (Å²) in [5, 5.41) is 7.34. The van der Waals surface area contributed by atoms with Gasteiger partial charge < -0.3 is 26.0 Å². The number of benzene rings is 3. The molecular formula is C31H36N4O5. The smallest absolute Gasteiger partial charge is 0.408 e. The predicted molar refractivity (Wildman–Crippen MR) is 155 cm³/mol. The van der Waals surface area contributed by atoms with Gasteiger partial charge in [0.15, 0.2) is 0 Å². The number of nitrogens with two attached hydrogens (primary N) is 1. The average molecular weight is 545 g/mol. The van der Waals surface area contributed by atoms with Gasteiger partial charge in [0.05, 0.1) is 6.42 Å². The molecule has 4 N–H and O–H groups in total. The molecule has 0 aliphatic heterocycles. The molecule has 0 aliphatic carbocycles. The number of alkyl carbamates (subject to hydrolysis) is 1. The highest BCUT2D eigenvalue weighted by Crippen LogP contribution is 2.28. The highest BCUT2D eigenvalue weighted by molar-refractivity contribution is 6.01. The summed E-state index contributed by atoms with van der Waals surface area (Å²) in [6.45, 7) is 10.6. The maximum atomic E-state index is 13.9. The predicted octanol–water partition coefficient (Wildman–Crippen LogP) is 4.61. The zero-order valence-electron chi connectivity index (χ0n) is 23.3. The highest BCUT2D eigenvalue weighted by atomic mass is 16.6. The molecule has 0 saturated carbocycles. The third-order valence-corrected chi connectivity index (χ3v) is 6.06. The zero-order chi connectivity index (χ0) is 29.4. The van der Waals surface area contributed by atoms with Gasteiger partial charge in [0, 0.05) is 12.2 Å². The number of carbonyl (C=O) groups is 4. The van der Waals surface area contributed by atoms with E-state index in [1.807, 2.05) is 55.5 Å². The van der Waals surface area contributed by atoms with Crippen LogP contribution in [0.2, 0.25) is 0 Å². The van der Waals surface area contributed by atoms with Gasteiger partial charge in [-0.3, -0.25) is 14.4 Å². The van der Waals surface area contributed by atoms with Crippen LogP contribution in [0.15, 0.2) is 79.4 Å². The van der Waals surface area contributed by atoms with Gasteiger partial charge in [-0.25, -0.2) is 4.79 Å². The van der Waals surface area contributed by atoms with Gasteiger partial charge >= 0.3 is 6.09 Å². The Balaban J connectivity index is 2.02. The minimum absolute atomic E-state index is 0.0474. The fraction of sp³-hybridized carbons (Fsp3) is 0.290. The third kappa shape index (κ3) is 7.92. The highest BCUT2D eigenvalue weighted by Gasteiger charge is 2.37. The summed E-state index contributed by atoms with van der Waals surface area (Å²) in [5.74, 6) is -1.97. The minimum atomic E-state index is -1.37. The van der Waals surface area contributed by atoms with Crippen LogP contribution in [0, 0.1) is 6.92 Å². The number of amides is 4. The topological polar surface area (TPSA) is 131 Å². The first kappa shape index (κ1) is 29.9. The number of ether oxygens (including phenoxy) is 1. The molecule has 0 aromatic heterocycles. The molecule has 210 valence electrons. The maximum Gasteiger partial charge on any atom is 0.408 e. The van der Waals surface area contributed by atoms with E-state index >= 15 is 0 Å². The van der Waals surface area contributed by atoms with E-state index < -0.39 is 47.9 Å². The van der Waals surface area contributed by atoms with E-state index in [9.17, 15) is 19.2 Å². The minimum Gasteiger partial charge on any atom is -0.444 e. The van der Waals surface area contributed by atoms with E-state index in [1.54, 1.807) is 39.0 Å². The monoisotopic (exact) mass is 544 g/mol. The molecule has 2 atom stereocenters. The molecule has 0 heterocycles. The number of anilines is 1. The first-order valence-corrected chi connectivity index (χ1v) is 12.9. The molecule has 4 amide bonds. The first-order valence-electron chi connectivity index (χ1n) is 12.9. The van der Waals surface area contributed by atoms with Crippen molar-refractivity contribution < 1.29 is 23.9 Å². The lowest BCUT2D eigenvalue weighted by atomic mass is 9.97. The third-order valence-electron chi connectivity index (χ3n) is 6.06. The zero-order valence-corrected chi connectivity index (χ0v) is 23.3. The van der Waals surface area contributed by atoms with Crippen LogP contribution >= 0.6 is 0 Å². The van der Waals surface area contributed by atoms with Gasteiger partial charge in [-0.1, -0.05) is 60.7 Å². The Kier molecular flexibility index (Phi) is 9.66. The molecule has 9 heteroatoms. The Morgan fingerprint density at radius 1 is 1.00 bits per heavy atom. The van der Waals surface area contributed by atoms with Crippen molar-refractivity contribution in [3.8, 4) is 0 Å². The van der Waals surface area contributed by atoms with E-state index in [1.165, 1.54) is 11.0 Å². The quantitative estimate of drug-likeness (QED) is 0.321. The maximum absolute atomic E-state index is 13.9. The summed E-state index contributed by atoms with van der Waals surface area (Å²) < 4.78 is 5.29. The second-order valence-electron chi connectivity index (χ2n) is 10.5. The van der Waals surface area contributed by atoms with Crippen LogP contribution in [0.3, 0.4) is 0 Å². The summed E-state index contributed by atoms with van der Waals surface area (Å²) in [7, 11) is 0. The Labute approximate surface area is 234 Å². The molecule has 0 spiro atoms. The van der Waals surface area contributed by atoms with Crippen molar-refractivity contribution in [2.24, 2.45) is 5.73 Å². The van der Waals surface area contributed by atoms with Gasteiger partial charge in [0.25, 0.3) is 5.91 Å². The molecule has 3 aromatic rings. The SMILES string of the molecule is C=CCN(C(=O)C(CC(N)=O)NC(=O)OC(C)(C)C)C(C(=O)Nc1ccc2ccccc2c1)c1ccccc1C. The summed E-state index contributed by atoms with van der Waals surface area (Å²) >= 11 is 0. The molecule has 0 saturated heterocycles. The number of hydrogen-bond acceptors (Lipinski definition) is 5. The van der Waals surface area contributed by atoms with E-state index in [2.05, 4.69) is 17.2 Å². The van der Waals surface area contributed by atoms with Crippen LogP contribution in [0.1, 0.15) is 44.4 Å². The number of carbonyl (C=O) groups excluding carboxylic acids is 4. The number of primary amides is 1. The molecule has 0 bridgehead atoms. The number of hydrogen-bond donors (Lipinski definition) is 3. The van der Waals surface area contributed by atoms with Crippen LogP contribution in [0.4, 0.5) is 10.5 Å². The van der Waals surface area contributed by atoms with Crippen molar-refractivity contribution in [1.82, 2.24) is 10.2 Å². The lowest BCUT2D eigenvalue weighted by Gasteiger charge is -2.34. The van der Waals surface area contributed by atoms with Gasteiger partial charge in [-0.2, -0.15) is 0 Å². The summed E-state index contributed by atoms with van der Waals surface area (Å²) in [4.78, 5) is 53.6. The second kappa shape index (κ2) is 12.9. The van der Waals surface area contributed by atoms with Gasteiger partial charge in [0.2, 0.25) is 11.8 Å². The fourth-order valence-corrected chi connectivity index (χ4v) is 4.33.